The van der Waals surface area contributed by atoms with Crippen LogP contribution < -0.4 is 0 Å². The van der Waals surface area contributed by atoms with Gasteiger partial charge in [0.15, 0.2) is 0 Å². The maximum Gasteiger partial charge on any atom is 0.339 e. The van der Waals surface area contributed by atoms with Gasteiger partial charge in [0.1, 0.15) is 11.9 Å². The Bertz CT molecular complexity index is 438. The first-order valence-corrected chi connectivity index (χ1v) is 6.00. The molecule has 18 heavy (non-hydrogen) atoms. The molecule has 0 saturated carbocycles. The highest BCUT2D eigenvalue weighted by Crippen LogP contribution is 2.25. The number of aromatic carboxylic acids is 1. The number of aromatic nitrogens is 2. The van der Waals surface area contributed by atoms with Gasteiger partial charge in [-0.1, -0.05) is 6.92 Å². The van der Waals surface area contributed by atoms with Crippen LogP contribution in [-0.2, 0) is 6.54 Å². The fraction of sp³-hybridized carbons (Fsp3) is 0.583. The molecule has 0 aliphatic carbocycles. The summed E-state index contributed by atoms with van der Waals surface area (Å²) in [5.74, 6) is -0.594. The second-order valence-corrected chi connectivity index (χ2v) is 4.67. The van der Waals surface area contributed by atoms with Gasteiger partial charge in [-0.25, -0.2) is 14.8 Å². The fourth-order valence-corrected chi connectivity index (χ4v) is 2.43. The lowest BCUT2D eigenvalue weighted by molar-refractivity contribution is 0.0692. The maximum atomic E-state index is 11.1. The van der Waals surface area contributed by atoms with Crippen LogP contribution in [0.3, 0.4) is 0 Å². The summed E-state index contributed by atoms with van der Waals surface area (Å²) in [4.78, 5) is 20.9. The molecule has 6 nitrogen and oxygen atoms in total. The summed E-state index contributed by atoms with van der Waals surface area (Å²) in [5.41, 5.74) is 0.638. The van der Waals surface area contributed by atoms with Crippen LogP contribution in [0, 0.1) is 5.92 Å². The molecule has 2 atom stereocenters. The first-order chi connectivity index (χ1) is 8.63. The topological polar surface area (TPSA) is 86.6 Å². The Balaban J connectivity index is 2.17. The number of aliphatic hydroxyl groups is 1. The number of hydrogen-bond donors (Lipinski definition) is 2. The summed E-state index contributed by atoms with van der Waals surface area (Å²) in [6.45, 7) is 3.49. The Hall–Kier alpha value is -1.53. The molecule has 2 unspecified atom stereocenters. The summed E-state index contributed by atoms with van der Waals surface area (Å²) in [7, 11) is 0. The van der Waals surface area contributed by atoms with Crippen molar-refractivity contribution < 1.29 is 15.0 Å². The maximum absolute atomic E-state index is 11.1. The van der Waals surface area contributed by atoms with E-state index in [1.165, 1.54) is 12.5 Å². The lowest BCUT2D eigenvalue weighted by Crippen LogP contribution is -2.35. The number of carboxylic acids is 1. The van der Waals surface area contributed by atoms with Crippen LogP contribution in [0.15, 0.2) is 12.5 Å². The normalized spacial score (nSPS) is 24.3. The summed E-state index contributed by atoms with van der Waals surface area (Å²) in [5, 5.41) is 18.4. The molecular weight excluding hydrogens is 234 g/mol. The number of aliphatic hydroxyl groups excluding tert-OH is 1. The molecule has 1 saturated heterocycles. The van der Waals surface area contributed by atoms with Crippen LogP contribution in [0.25, 0.3) is 0 Å². The molecule has 2 heterocycles. The van der Waals surface area contributed by atoms with Crippen LogP contribution in [-0.4, -0.2) is 50.2 Å². The molecule has 2 N–H and O–H groups in total. The zero-order valence-electron chi connectivity index (χ0n) is 10.3. The molecule has 1 aliphatic rings. The standard InChI is InChI=1S/C12H17N3O3/c1-8-2-3-15(11(8)6-16)5-10-9(12(17)18)4-13-7-14-10/h4,7-8,11,16H,2-3,5-6H2,1H3,(H,17,18). The van der Waals surface area contributed by atoms with Gasteiger partial charge in [-0.3, -0.25) is 4.90 Å². The molecule has 98 valence electrons. The van der Waals surface area contributed by atoms with Crippen LogP contribution in [0.4, 0.5) is 0 Å². The second-order valence-electron chi connectivity index (χ2n) is 4.67. The van der Waals surface area contributed by atoms with Crippen molar-refractivity contribution >= 4 is 5.97 Å². The van der Waals surface area contributed by atoms with Gasteiger partial charge in [-0.2, -0.15) is 0 Å². The summed E-state index contributed by atoms with van der Waals surface area (Å²) >= 11 is 0. The molecule has 0 radical (unpaired) electrons. The third-order valence-corrected chi connectivity index (χ3v) is 3.56. The van der Waals surface area contributed by atoms with Crippen LogP contribution in [0.2, 0.25) is 0 Å². The molecule has 0 bridgehead atoms. The number of nitrogens with zero attached hydrogens (tertiary/aromatic N) is 3. The molecule has 0 spiro atoms. The number of carbonyl (C=O) groups is 1. The van der Waals surface area contributed by atoms with E-state index < -0.39 is 5.97 Å². The lowest BCUT2D eigenvalue weighted by atomic mass is 10.0. The average molecular weight is 251 g/mol. The van der Waals surface area contributed by atoms with Crippen molar-refractivity contribution in [2.45, 2.75) is 25.9 Å². The largest absolute Gasteiger partial charge is 0.478 e. The molecule has 2 rings (SSSR count). The highest BCUT2D eigenvalue weighted by atomic mass is 16.4. The van der Waals surface area contributed by atoms with Crippen LogP contribution in [0.5, 0.6) is 0 Å². The molecule has 6 heteroatoms. The van der Waals surface area contributed by atoms with Crippen molar-refractivity contribution in [3.05, 3.63) is 23.8 Å². The molecular formula is C12H17N3O3. The van der Waals surface area contributed by atoms with Crippen LogP contribution in [0.1, 0.15) is 29.4 Å². The van der Waals surface area contributed by atoms with Crippen LogP contribution >= 0.6 is 0 Å². The van der Waals surface area contributed by atoms with Gasteiger partial charge in [0.25, 0.3) is 0 Å². The highest BCUT2D eigenvalue weighted by molar-refractivity contribution is 5.88. The van der Waals surface area contributed by atoms with Crippen molar-refractivity contribution in [2.75, 3.05) is 13.2 Å². The molecule has 1 aromatic rings. The van der Waals surface area contributed by atoms with E-state index in [0.29, 0.717) is 18.2 Å². The lowest BCUT2D eigenvalue weighted by Gasteiger charge is -2.24. The SMILES string of the molecule is CC1CCN(Cc2ncncc2C(=O)O)C1CO. The van der Waals surface area contributed by atoms with Crippen molar-refractivity contribution in [3.63, 3.8) is 0 Å². The minimum atomic E-state index is -1.02. The van der Waals surface area contributed by atoms with Gasteiger partial charge >= 0.3 is 5.97 Å². The van der Waals surface area contributed by atoms with Crippen molar-refractivity contribution in [1.29, 1.82) is 0 Å². The predicted octanol–water partition coefficient (Wildman–Crippen LogP) is 0.378. The van der Waals surface area contributed by atoms with Gasteiger partial charge < -0.3 is 10.2 Å². The molecule has 1 aromatic heterocycles. The Labute approximate surface area is 105 Å². The Morgan fingerprint density at radius 3 is 3.06 bits per heavy atom. The molecule has 0 amide bonds. The molecule has 1 aliphatic heterocycles. The summed E-state index contributed by atoms with van der Waals surface area (Å²) in [6, 6.07) is 0.0848. The first kappa shape index (κ1) is 12.9. The van der Waals surface area contributed by atoms with E-state index >= 15 is 0 Å². The van der Waals surface area contributed by atoms with E-state index in [1.807, 2.05) is 0 Å². The number of carboxylic acid groups (broad SMARTS) is 1. The van der Waals surface area contributed by atoms with Crippen molar-refractivity contribution in [2.24, 2.45) is 5.92 Å². The van der Waals surface area contributed by atoms with E-state index in [1.54, 1.807) is 0 Å². The van der Waals surface area contributed by atoms with Crippen molar-refractivity contribution in [1.82, 2.24) is 14.9 Å². The van der Waals surface area contributed by atoms with E-state index in [-0.39, 0.29) is 18.2 Å². The van der Waals surface area contributed by atoms with E-state index in [0.717, 1.165) is 13.0 Å². The van der Waals surface area contributed by atoms with E-state index in [9.17, 15) is 9.90 Å². The summed E-state index contributed by atoms with van der Waals surface area (Å²) in [6.07, 6.45) is 3.69. The zero-order chi connectivity index (χ0) is 13.1. The zero-order valence-corrected chi connectivity index (χ0v) is 10.3. The smallest absolute Gasteiger partial charge is 0.339 e. The van der Waals surface area contributed by atoms with E-state index in [4.69, 9.17) is 5.11 Å². The first-order valence-electron chi connectivity index (χ1n) is 6.00. The van der Waals surface area contributed by atoms with Gasteiger partial charge in [0.2, 0.25) is 0 Å². The second kappa shape index (κ2) is 5.41. The highest BCUT2D eigenvalue weighted by Gasteiger charge is 2.31. The van der Waals surface area contributed by atoms with Crippen molar-refractivity contribution in [3.8, 4) is 0 Å². The predicted molar refractivity (Wildman–Crippen MR) is 64.1 cm³/mol. The Morgan fingerprint density at radius 1 is 1.61 bits per heavy atom. The number of hydrogen-bond acceptors (Lipinski definition) is 5. The fourth-order valence-electron chi connectivity index (χ4n) is 2.43. The van der Waals surface area contributed by atoms with Gasteiger partial charge in [0, 0.05) is 18.8 Å². The Morgan fingerprint density at radius 2 is 2.39 bits per heavy atom. The monoisotopic (exact) mass is 251 g/mol. The third kappa shape index (κ3) is 2.49. The average Bonchev–Trinajstić information content (AvgIpc) is 2.70. The van der Waals surface area contributed by atoms with Gasteiger partial charge in [-0.15, -0.1) is 0 Å². The number of rotatable bonds is 4. The molecule has 0 aromatic carbocycles. The minimum Gasteiger partial charge on any atom is -0.478 e. The minimum absolute atomic E-state index is 0.0848. The number of likely N-dealkylation sites (tertiary alicyclic amines) is 1. The van der Waals surface area contributed by atoms with Gasteiger partial charge in [0.05, 0.1) is 12.3 Å². The van der Waals surface area contributed by atoms with E-state index in [2.05, 4.69) is 21.8 Å². The third-order valence-electron chi connectivity index (χ3n) is 3.56. The molecule has 1 fully saturated rings. The van der Waals surface area contributed by atoms with Gasteiger partial charge in [-0.05, 0) is 18.9 Å². The Kier molecular flexibility index (Phi) is 3.88. The summed E-state index contributed by atoms with van der Waals surface area (Å²) < 4.78 is 0. The quantitative estimate of drug-likeness (QED) is 0.804.